The van der Waals surface area contributed by atoms with E-state index in [9.17, 15) is 28.2 Å². The number of ether oxygens (including phenoxy) is 2. The zero-order valence-electron chi connectivity index (χ0n) is 18.5. The highest BCUT2D eigenvalue weighted by Gasteiger charge is 2.60. The molecule has 4 rings (SSSR count). The topological polar surface area (TPSA) is 97.3 Å². The Kier molecular flexibility index (Phi) is 6.64. The average molecular weight is 481 g/mol. The van der Waals surface area contributed by atoms with E-state index in [1.807, 2.05) is 25.1 Å². The van der Waals surface area contributed by atoms with Crippen LogP contribution in [0.3, 0.4) is 0 Å². The van der Waals surface area contributed by atoms with Crippen LogP contribution < -0.4 is 19.8 Å². The molecule has 0 aromatic heterocycles. The second kappa shape index (κ2) is 9.34. The van der Waals surface area contributed by atoms with Crippen LogP contribution in [0.15, 0.2) is 36.4 Å². The van der Waals surface area contributed by atoms with Gasteiger partial charge in [-0.15, -0.1) is 5.48 Å². The summed E-state index contributed by atoms with van der Waals surface area (Å²) in [5.74, 6) is -0.266. The summed E-state index contributed by atoms with van der Waals surface area (Å²) >= 11 is 0. The Morgan fingerprint density at radius 1 is 1.21 bits per heavy atom. The standard InChI is InChI=1S/C24H26F3NO6/c1-2-17(22(29)30)19-7-4-14-12-15(5-8-18(14)19)32-10-3-11-33-16-6-9-20-21(13-16)34-28-23(20,31)24(25,26)27/h5-6,8-9,12-13,17,19,28,31H,2-4,7,10-11H2,1H3,(H,29,30)/t17?,19-,23?/m0/s1. The number of aryl methyl sites for hydroxylation is 1. The molecule has 3 N–H and O–H groups in total. The van der Waals surface area contributed by atoms with E-state index in [-0.39, 0.29) is 24.2 Å². The number of rotatable bonds is 9. The number of carboxylic acid groups (broad SMARTS) is 1. The second-order valence-corrected chi connectivity index (χ2v) is 8.48. The third-order valence-corrected chi connectivity index (χ3v) is 6.37. The lowest BCUT2D eigenvalue weighted by atomic mass is 9.85. The normalized spacial score (nSPS) is 22.0. The molecule has 0 amide bonds. The SMILES string of the molecule is CCC(C(=O)O)[C@@H]1CCc2cc(OCCCOc3ccc4c(c3)ONC4(O)C(F)(F)F)ccc21. The molecule has 0 fully saturated rings. The van der Waals surface area contributed by atoms with Gasteiger partial charge in [0.2, 0.25) is 0 Å². The van der Waals surface area contributed by atoms with Gasteiger partial charge < -0.3 is 24.5 Å². The minimum absolute atomic E-state index is 0.0265. The number of carboxylic acids is 1. The zero-order valence-corrected chi connectivity index (χ0v) is 18.5. The van der Waals surface area contributed by atoms with Crippen molar-refractivity contribution in [2.45, 2.75) is 50.4 Å². The fourth-order valence-electron chi connectivity index (χ4n) is 4.57. The Hall–Kier alpha value is -2.98. The molecule has 0 spiro atoms. The van der Waals surface area contributed by atoms with E-state index in [2.05, 4.69) is 0 Å². The van der Waals surface area contributed by atoms with Crippen LogP contribution in [0.2, 0.25) is 0 Å². The smallest absolute Gasteiger partial charge is 0.438 e. The molecule has 0 bridgehead atoms. The average Bonchev–Trinajstić information content (AvgIpc) is 3.35. The lowest BCUT2D eigenvalue weighted by Crippen LogP contribution is -2.51. The summed E-state index contributed by atoms with van der Waals surface area (Å²) in [5, 5.41) is 19.3. The maximum atomic E-state index is 13.1. The van der Waals surface area contributed by atoms with Gasteiger partial charge in [0.1, 0.15) is 11.5 Å². The molecule has 7 nitrogen and oxygen atoms in total. The summed E-state index contributed by atoms with van der Waals surface area (Å²) in [6.07, 6.45) is -2.18. The minimum atomic E-state index is -4.94. The van der Waals surface area contributed by atoms with Gasteiger partial charge in [-0.3, -0.25) is 4.79 Å². The number of alkyl halides is 3. The number of carbonyl (C=O) groups is 1. The molecule has 1 aliphatic heterocycles. The monoisotopic (exact) mass is 481 g/mol. The van der Waals surface area contributed by atoms with E-state index < -0.39 is 23.4 Å². The van der Waals surface area contributed by atoms with Crippen molar-refractivity contribution in [3.05, 3.63) is 53.1 Å². The molecule has 2 aromatic carbocycles. The fraction of sp³-hybridized carbons (Fsp3) is 0.458. The van der Waals surface area contributed by atoms with E-state index in [1.54, 1.807) is 5.48 Å². The van der Waals surface area contributed by atoms with E-state index in [0.717, 1.165) is 30.0 Å². The van der Waals surface area contributed by atoms with Crippen molar-refractivity contribution < 1.29 is 42.5 Å². The lowest BCUT2D eigenvalue weighted by molar-refractivity contribution is -0.292. The second-order valence-electron chi connectivity index (χ2n) is 8.48. The van der Waals surface area contributed by atoms with Crippen molar-refractivity contribution >= 4 is 5.97 Å². The first-order valence-electron chi connectivity index (χ1n) is 11.1. The van der Waals surface area contributed by atoms with Crippen LogP contribution in [0.5, 0.6) is 17.2 Å². The molecule has 0 saturated heterocycles. The molecule has 34 heavy (non-hydrogen) atoms. The largest absolute Gasteiger partial charge is 0.493 e. The number of hydrogen-bond donors (Lipinski definition) is 3. The molecule has 1 heterocycles. The van der Waals surface area contributed by atoms with Gasteiger partial charge in [0.15, 0.2) is 5.75 Å². The Labute approximate surface area is 194 Å². The number of nitrogens with one attached hydrogen (secondary N) is 1. The summed E-state index contributed by atoms with van der Waals surface area (Å²) in [4.78, 5) is 16.3. The Morgan fingerprint density at radius 2 is 1.88 bits per heavy atom. The number of halogens is 3. The van der Waals surface area contributed by atoms with Crippen LogP contribution in [0.4, 0.5) is 13.2 Å². The Bertz CT molecular complexity index is 1060. The van der Waals surface area contributed by atoms with Crippen molar-refractivity contribution in [2.75, 3.05) is 13.2 Å². The predicted octanol–water partition coefficient (Wildman–Crippen LogP) is 4.28. The molecule has 0 saturated carbocycles. The lowest BCUT2D eigenvalue weighted by Gasteiger charge is -2.24. The van der Waals surface area contributed by atoms with Crippen molar-refractivity contribution in [3.8, 4) is 17.2 Å². The van der Waals surface area contributed by atoms with Crippen LogP contribution in [-0.4, -0.2) is 35.6 Å². The number of hydrogen-bond acceptors (Lipinski definition) is 6. The molecule has 0 radical (unpaired) electrons. The predicted molar refractivity (Wildman–Crippen MR) is 115 cm³/mol. The van der Waals surface area contributed by atoms with E-state index >= 15 is 0 Å². The summed E-state index contributed by atoms with van der Waals surface area (Å²) in [7, 11) is 0. The van der Waals surface area contributed by atoms with Crippen molar-refractivity contribution in [1.82, 2.24) is 5.48 Å². The van der Waals surface area contributed by atoms with Crippen molar-refractivity contribution in [2.24, 2.45) is 5.92 Å². The van der Waals surface area contributed by atoms with Gasteiger partial charge in [-0.05, 0) is 60.6 Å². The van der Waals surface area contributed by atoms with Gasteiger partial charge >= 0.3 is 12.1 Å². The Morgan fingerprint density at radius 3 is 2.53 bits per heavy atom. The molecular weight excluding hydrogens is 455 g/mol. The quantitative estimate of drug-likeness (QED) is 0.460. The third-order valence-electron chi connectivity index (χ3n) is 6.37. The van der Waals surface area contributed by atoms with Crippen LogP contribution in [0, 0.1) is 5.92 Å². The molecule has 2 unspecified atom stereocenters. The first kappa shape index (κ1) is 24.2. The number of hydroxylamine groups is 1. The summed E-state index contributed by atoms with van der Waals surface area (Å²) in [5.41, 5.74) is 0.134. The first-order chi connectivity index (χ1) is 16.1. The molecule has 10 heteroatoms. The van der Waals surface area contributed by atoms with Crippen molar-refractivity contribution in [3.63, 3.8) is 0 Å². The minimum Gasteiger partial charge on any atom is -0.493 e. The highest BCUT2D eigenvalue weighted by molar-refractivity contribution is 5.72. The van der Waals surface area contributed by atoms with E-state index in [4.69, 9.17) is 14.3 Å². The van der Waals surface area contributed by atoms with Gasteiger partial charge in [0.05, 0.1) is 24.7 Å². The fourth-order valence-corrected chi connectivity index (χ4v) is 4.57. The number of aliphatic hydroxyl groups is 1. The van der Waals surface area contributed by atoms with E-state index in [1.165, 1.54) is 12.1 Å². The highest BCUT2D eigenvalue weighted by atomic mass is 19.4. The maximum absolute atomic E-state index is 13.1. The van der Waals surface area contributed by atoms with Crippen LogP contribution in [0.1, 0.15) is 48.8 Å². The summed E-state index contributed by atoms with van der Waals surface area (Å²) in [6, 6.07) is 9.48. The molecular formula is C24H26F3NO6. The number of benzene rings is 2. The maximum Gasteiger partial charge on any atom is 0.438 e. The van der Waals surface area contributed by atoms with Gasteiger partial charge in [-0.1, -0.05) is 13.0 Å². The molecule has 2 aromatic rings. The zero-order chi connectivity index (χ0) is 24.5. The molecule has 184 valence electrons. The van der Waals surface area contributed by atoms with Crippen molar-refractivity contribution in [1.29, 1.82) is 0 Å². The van der Waals surface area contributed by atoms with Crippen LogP contribution >= 0.6 is 0 Å². The molecule has 2 aliphatic rings. The molecule has 3 atom stereocenters. The first-order valence-corrected chi connectivity index (χ1v) is 11.1. The van der Waals surface area contributed by atoms with Crippen LogP contribution in [-0.2, 0) is 16.9 Å². The summed E-state index contributed by atoms with van der Waals surface area (Å²) < 4.78 is 50.6. The Balaban J connectivity index is 1.27. The van der Waals surface area contributed by atoms with Gasteiger partial charge in [0.25, 0.3) is 5.72 Å². The highest BCUT2D eigenvalue weighted by Crippen LogP contribution is 2.45. The number of fused-ring (bicyclic) bond motifs is 2. The van der Waals surface area contributed by atoms with Gasteiger partial charge in [0, 0.05) is 12.5 Å². The van der Waals surface area contributed by atoms with E-state index in [0.29, 0.717) is 30.9 Å². The number of aliphatic carboxylic acids is 1. The van der Waals surface area contributed by atoms with Gasteiger partial charge in [-0.2, -0.15) is 13.2 Å². The third kappa shape index (κ3) is 4.52. The summed E-state index contributed by atoms with van der Waals surface area (Å²) in [6.45, 7) is 2.52. The van der Waals surface area contributed by atoms with Gasteiger partial charge in [-0.25, -0.2) is 0 Å². The van der Waals surface area contributed by atoms with Crippen LogP contribution in [0.25, 0.3) is 0 Å². The molecule has 1 aliphatic carbocycles.